The molecule has 20 heavy (non-hydrogen) atoms. The van der Waals surface area contributed by atoms with E-state index in [1.807, 2.05) is 6.07 Å². The van der Waals surface area contributed by atoms with Gasteiger partial charge in [0.15, 0.2) is 8.32 Å². The number of halogens is 1. The first kappa shape index (κ1) is 15.7. The highest BCUT2D eigenvalue weighted by atomic mass is 35.5. The monoisotopic (exact) mass is 309 g/mol. The Morgan fingerprint density at radius 1 is 1.40 bits per heavy atom. The Bertz CT molecular complexity index is 534. The van der Waals surface area contributed by atoms with Crippen LogP contribution in [0.5, 0.6) is 0 Å². The summed E-state index contributed by atoms with van der Waals surface area (Å²) in [6, 6.07) is 2.00. The molecule has 0 saturated heterocycles. The van der Waals surface area contributed by atoms with Crippen LogP contribution in [0.4, 0.5) is 0 Å². The van der Waals surface area contributed by atoms with Gasteiger partial charge in [-0.3, -0.25) is 0 Å². The number of hydrogen-bond donors (Lipinski definition) is 0. The van der Waals surface area contributed by atoms with Crippen LogP contribution < -0.4 is 0 Å². The number of aromatic nitrogens is 1. The molecule has 0 fully saturated rings. The van der Waals surface area contributed by atoms with E-state index < -0.39 is 8.32 Å². The maximum absolute atomic E-state index is 6.57. The van der Waals surface area contributed by atoms with Crippen LogP contribution >= 0.6 is 11.6 Å². The van der Waals surface area contributed by atoms with Crippen molar-refractivity contribution in [3.8, 4) is 0 Å². The number of fused-ring (bicyclic) bond motifs is 1. The number of allylic oxidation sites excluding steroid dienone is 1. The second-order valence-corrected chi connectivity index (χ2v) is 12.2. The summed E-state index contributed by atoms with van der Waals surface area (Å²) in [5.41, 5.74) is 3.30. The largest absolute Gasteiger partial charge is 0.410 e. The van der Waals surface area contributed by atoms with Gasteiger partial charge in [-0.1, -0.05) is 39.0 Å². The third-order valence-electron chi connectivity index (χ3n) is 4.60. The van der Waals surface area contributed by atoms with Crippen LogP contribution in [0, 0.1) is 0 Å². The van der Waals surface area contributed by atoms with Crippen LogP contribution in [0.15, 0.2) is 18.8 Å². The van der Waals surface area contributed by atoms with E-state index in [0.717, 1.165) is 29.5 Å². The first-order valence-corrected chi connectivity index (χ1v) is 10.4. The van der Waals surface area contributed by atoms with Gasteiger partial charge in [0, 0.05) is 11.8 Å². The fraction of sp³-hybridized carbons (Fsp3) is 0.562. The summed E-state index contributed by atoms with van der Waals surface area (Å²) in [7, 11) is -1.82. The maximum Gasteiger partial charge on any atom is 0.192 e. The zero-order valence-electron chi connectivity index (χ0n) is 13.1. The molecule has 0 unspecified atom stereocenters. The lowest BCUT2D eigenvalue weighted by atomic mass is 9.88. The van der Waals surface area contributed by atoms with Gasteiger partial charge >= 0.3 is 0 Å². The van der Waals surface area contributed by atoms with E-state index in [2.05, 4.69) is 45.4 Å². The molecule has 1 aromatic heterocycles. The van der Waals surface area contributed by atoms with Crippen molar-refractivity contribution >= 4 is 25.5 Å². The van der Waals surface area contributed by atoms with Gasteiger partial charge in [0.1, 0.15) is 5.15 Å². The average molecular weight is 310 g/mol. The normalized spacial score (nSPS) is 19.9. The van der Waals surface area contributed by atoms with E-state index in [9.17, 15) is 0 Å². The summed E-state index contributed by atoms with van der Waals surface area (Å²) in [4.78, 5) is 4.23. The third-order valence-corrected chi connectivity index (χ3v) is 9.38. The Labute approximate surface area is 128 Å². The van der Waals surface area contributed by atoms with E-state index in [0.29, 0.717) is 5.15 Å². The molecule has 0 aromatic carbocycles. The molecule has 110 valence electrons. The summed E-state index contributed by atoms with van der Waals surface area (Å²) in [6.45, 7) is 15.5. The first-order chi connectivity index (χ1) is 9.13. The lowest BCUT2D eigenvalue weighted by molar-refractivity contribution is 0.171. The molecule has 1 heterocycles. The second kappa shape index (κ2) is 5.28. The van der Waals surface area contributed by atoms with Crippen molar-refractivity contribution in [3.63, 3.8) is 0 Å². The van der Waals surface area contributed by atoms with Gasteiger partial charge in [-0.25, -0.2) is 4.98 Å². The quantitative estimate of drug-likeness (QED) is 0.523. The predicted octanol–water partition coefficient (Wildman–Crippen LogP) is 5.60. The number of pyridine rings is 1. The molecule has 0 amide bonds. The molecular formula is C16H24ClNOSi. The Morgan fingerprint density at radius 2 is 2.05 bits per heavy atom. The number of hydrogen-bond acceptors (Lipinski definition) is 2. The Hall–Kier alpha value is -0.643. The molecule has 2 nitrogen and oxygen atoms in total. The van der Waals surface area contributed by atoms with Crippen LogP contribution in [-0.4, -0.2) is 13.3 Å². The summed E-state index contributed by atoms with van der Waals surface area (Å²) in [5.74, 6) is 0. The fourth-order valence-electron chi connectivity index (χ4n) is 2.30. The molecule has 2 rings (SSSR count). The average Bonchev–Trinajstić information content (AvgIpc) is 2.31. The van der Waals surface area contributed by atoms with Gasteiger partial charge < -0.3 is 4.43 Å². The van der Waals surface area contributed by atoms with Crippen LogP contribution in [-0.2, 0) is 4.43 Å². The summed E-state index contributed by atoms with van der Waals surface area (Å²) < 4.78 is 6.57. The highest BCUT2D eigenvalue weighted by Crippen LogP contribution is 2.46. The smallest absolute Gasteiger partial charge is 0.192 e. The van der Waals surface area contributed by atoms with Crippen molar-refractivity contribution in [2.45, 2.75) is 57.8 Å². The van der Waals surface area contributed by atoms with Crippen LogP contribution in [0.2, 0.25) is 23.3 Å². The van der Waals surface area contributed by atoms with Gasteiger partial charge in [0.25, 0.3) is 0 Å². The van der Waals surface area contributed by atoms with Crippen LogP contribution in [0.1, 0.15) is 50.8 Å². The molecule has 0 N–H and O–H groups in total. The Morgan fingerprint density at radius 3 is 2.65 bits per heavy atom. The minimum atomic E-state index is -1.82. The second-order valence-electron chi connectivity index (χ2n) is 7.07. The molecular weight excluding hydrogens is 286 g/mol. The molecule has 0 aliphatic heterocycles. The molecule has 1 aliphatic rings. The van der Waals surface area contributed by atoms with Gasteiger partial charge in [-0.15, -0.1) is 0 Å². The fourth-order valence-corrected chi connectivity index (χ4v) is 3.88. The molecule has 0 saturated carbocycles. The predicted molar refractivity (Wildman–Crippen MR) is 88.5 cm³/mol. The van der Waals surface area contributed by atoms with Gasteiger partial charge in [0.2, 0.25) is 0 Å². The van der Waals surface area contributed by atoms with Gasteiger partial charge in [-0.05, 0) is 48.2 Å². The molecule has 1 aromatic rings. The van der Waals surface area contributed by atoms with Gasteiger partial charge in [0.05, 0.1) is 6.10 Å². The van der Waals surface area contributed by atoms with Gasteiger partial charge in [-0.2, -0.15) is 0 Å². The molecule has 0 bridgehead atoms. The zero-order valence-corrected chi connectivity index (χ0v) is 14.8. The first-order valence-electron chi connectivity index (χ1n) is 7.14. The van der Waals surface area contributed by atoms with Crippen molar-refractivity contribution in [2.24, 2.45) is 0 Å². The summed E-state index contributed by atoms with van der Waals surface area (Å²) >= 11 is 6.33. The summed E-state index contributed by atoms with van der Waals surface area (Å²) in [5, 5.41) is 0.753. The van der Waals surface area contributed by atoms with E-state index in [-0.39, 0.29) is 11.1 Å². The minimum Gasteiger partial charge on any atom is -0.410 e. The molecule has 1 atom stereocenters. The number of nitrogens with zero attached hydrogens (tertiary/aromatic N) is 1. The Balaban J connectivity index is 2.38. The molecule has 0 spiro atoms. The van der Waals surface area contributed by atoms with Crippen LogP contribution in [0.25, 0.3) is 5.57 Å². The van der Waals surface area contributed by atoms with E-state index in [4.69, 9.17) is 16.0 Å². The van der Waals surface area contributed by atoms with Crippen molar-refractivity contribution in [2.75, 3.05) is 0 Å². The Kier molecular flexibility index (Phi) is 4.16. The van der Waals surface area contributed by atoms with Crippen molar-refractivity contribution < 1.29 is 4.43 Å². The third kappa shape index (κ3) is 2.85. The topological polar surface area (TPSA) is 22.1 Å². The molecule has 0 radical (unpaired) electrons. The minimum absolute atomic E-state index is 0.0533. The molecule has 1 aliphatic carbocycles. The molecule has 4 heteroatoms. The maximum atomic E-state index is 6.57. The van der Waals surface area contributed by atoms with E-state index in [1.54, 1.807) is 6.20 Å². The lowest BCUT2D eigenvalue weighted by Gasteiger charge is -2.41. The number of rotatable bonds is 2. The standard InChI is InChI=1S/C16H24ClNOSi/c1-11-7-8-13(19-20(5,6)16(2,3)4)14-12(11)9-10-18-15(14)17/h9-10,13H,1,7-8H2,2-6H3/t13-/m0/s1. The highest BCUT2D eigenvalue weighted by molar-refractivity contribution is 6.74. The van der Waals surface area contributed by atoms with E-state index in [1.165, 1.54) is 0 Å². The zero-order chi connectivity index (χ0) is 15.1. The lowest BCUT2D eigenvalue weighted by Crippen LogP contribution is -2.42. The van der Waals surface area contributed by atoms with E-state index >= 15 is 0 Å². The highest BCUT2D eigenvalue weighted by Gasteiger charge is 2.41. The van der Waals surface area contributed by atoms with Crippen LogP contribution in [0.3, 0.4) is 0 Å². The van der Waals surface area contributed by atoms with Crippen molar-refractivity contribution in [1.29, 1.82) is 0 Å². The summed E-state index contributed by atoms with van der Waals surface area (Å²) in [6.07, 6.45) is 3.72. The van der Waals surface area contributed by atoms with Crippen molar-refractivity contribution in [1.82, 2.24) is 4.98 Å². The SMILES string of the molecule is C=C1CC[C@H](O[Si](C)(C)C(C)(C)C)c2c1ccnc2Cl. The van der Waals surface area contributed by atoms with Crippen molar-refractivity contribution in [3.05, 3.63) is 35.1 Å².